The minimum atomic E-state index is -1.19. The first-order chi connectivity index (χ1) is 30.6. The Balaban J connectivity index is 0.894. The van der Waals surface area contributed by atoms with Gasteiger partial charge >= 0.3 is 12.2 Å². The molecule has 0 radical (unpaired) electrons. The van der Waals surface area contributed by atoms with E-state index < -0.39 is 34.8 Å². The maximum Gasteiger partial charge on any atom is 0.435 e. The number of ether oxygens (including phenoxy) is 2. The minimum Gasteiger partial charge on any atom is -0.444 e. The SMILES string of the molecule is Cc1nn(C(=O)OC(C)(C)C)cc1-c1ccc(-c2cnc(C(=O)Nc3ccc(C(=O)N4CCN(C(=O)C5CCN(CC6CN(C(=O)OC(C)(C)C)C6)CC5)CC4)c(Cl)c3)n2C)c(F)c1F. The van der Waals surface area contributed by atoms with Crippen LogP contribution in [0.5, 0.6) is 0 Å². The quantitative estimate of drug-likeness (QED) is 0.193. The van der Waals surface area contributed by atoms with Crippen LogP contribution in [0.1, 0.15) is 81.1 Å². The van der Waals surface area contributed by atoms with Crippen LogP contribution in [0.15, 0.2) is 42.7 Å². The molecule has 4 amide bonds. The molecule has 3 saturated heterocycles. The summed E-state index contributed by atoms with van der Waals surface area (Å²) in [6, 6.07) is 7.23. The van der Waals surface area contributed by atoms with Gasteiger partial charge < -0.3 is 39.0 Å². The number of hydrogen-bond acceptors (Lipinski definition) is 10. The molecule has 0 saturated carbocycles. The predicted octanol–water partition coefficient (Wildman–Crippen LogP) is 7.09. The summed E-state index contributed by atoms with van der Waals surface area (Å²) in [6.45, 7) is 17.6. The van der Waals surface area contributed by atoms with Crippen LogP contribution in [0.25, 0.3) is 22.4 Å². The molecule has 2 aromatic carbocycles. The Morgan fingerprint density at radius 2 is 1.40 bits per heavy atom. The van der Waals surface area contributed by atoms with E-state index in [9.17, 15) is 24.0 Å². The third-order valence-electron chi connectivity index (χ3n) is 11.7. The number of benzene rings is 2. The standard InChI is InChI=1S/C46H56ClF2N9O7/c1-27-34(26-58(52-27)44(63)65-46(5,6)7)31-11-12-33(38(49)37(31)48)36-22-50-39(53(36)8)40(59)51-30-9-10-32(35(47)21-30)42(61)56-19-17-55(18-20-56)41(60)29-13-15-54(16-14-29)23-28-24-57(25-28)43(62)64-45(2,3)4/h9-12,21-22,26,28-29H,13-20,23-25H2,1-8H3,(H,51,59). The van der Waals surface area contributed by atoms with Gasteiger partial charge in [-0.1, -0.05) is 17.7 Å². The largest absolute Gasteiger partial charge is 0.444 e. The van der Waals surface area contributed by atoms with Crippen LogP contribution in [-0.2, 0) is 21.3 Å². The number of amides is 4. The molecule has 65 heavy (non-hydrogen) atoms. The molecule has 348 valence electrons. The van der Waals surface area contributed by atoms with E-state index in [-0.39, 0.29) is 74.0 Å². The number of carbonyl (C=O) groups is 5. The number of rotatable bonds is 8. The number of aryl methyl sites for hydroxylation is 1. The second-order valence-corrected chi connectivity index (χ2v) is 19.4. The molecule has 0 unspecified atom stereocenters. The molecule has 3 fully saturated rings. The van der Waals surface area contributed by atoms with Gasteiger partial charge in [0.15, 0.2) is 17.5 Å². The van der Waals surface area contributed by atoms with Crippen molar-refractivity contribution >= 4 is 47.2 Å². The maximum atomic E-state index is 15.7. The van der Waals surface area contributed by atoms with Crippen molar-refractivity contribution in [3.63, 3.8) is 0 Å². The molecule has 4 aromatic rings. The van der Waals surface area contributed by atoms with Crippen molar-refractivity contribution in [1.82, 2.24) is 38.9 Å². The zero-order valence-corrected chi connectivity index (χ0v) is 38.8. The van der Waals surface area contributed by atoms with Gasteiger partial charge in [0, 0.05) is 93.3 Å². The van der Waals surface area contributed by atoms with Crippen LogP contribution in [0.3, 0.4) is 0 Å². The highest BCUT2D eigenvalue weighted by Crippen LogP contribution is 2.34. The molecule has 5 heterocycles. The van der Waals surface area contributed by atoms with Crippen molar-refractivity contribution in [3.8, 4) is 22.4 Å². The molecular formula is C46H56ClF2N9O7. The second-order valence-electron chi connectivity index (χ2n) is 19.0. The molecule has 0 atom stereocenters. The third kappa shape index (κ3) is 10.6. The van der Waals surface area contributed by atoms with E-state index in [1.807, 2.05) is 25.7 Å². The molecule has 16 nitrogen and oxygen atoms in total. The molecule has 2 aromatic heterocycles. The van der Waals surface area contributed by atoms with Crippen molar-refractivity contribution in [2.24, 2.45) is 18.9 Å². The van der Waals surface area contributed by atoms with Gasteiger partial charge in [0.05, 0.1) is 28.2 Å². The van der Waals surface area contributed by atoms with Gasteiger partial charge in [-0.25, -0.2) is 23.4 Å². The fraction of sp³-hybridized carbons (Fsp3) is 0.500. The summed E-state index contributed by atoms with van der Waals surface area (Å²) in [7, 11) is 1.49. The van der Waals surface area contributed by atoms with E-state index >= 15 is 8.78 Å². The fourth-order valence-corrected chi connectivity index (χ4v) is 8.61. The molecule has 1 N–H and O–H groups in total. The highest BCUT2D eigenvalue weighted by molar-refractivity contribution is 6.34. The molecular weight excluding hydrogens is 864 g/mol. The Bertz CT molecular complexity index is 2490. The molecule has 19 heteroatoms. The van der Waals surface area contributed by atoms with Gasteiger partial charge in [0.1, 0.15) is 11.2 Å². The van der Waals surface area contributed by atoms with Crippen molar-refractivity contribution in [1.29, 1.82) is 0 Å². The van der Waals surface area contributed by atoms with E-state index in [4.69, 9.17) is 21.1 Å². The number of piperazine rings is 1. The number of piperidine rings is 1. The van der Waals surface area contributed by atoms with Crippen molar-refractivity contribution in [3.05, 3.63) is 76.5 Å². The normalized spacial score (nSPS) is 16.6. The lowest BCUT2D eigenvalue weighted by Crippen LogP contribution is -2.56. The minimum absolute atomic E-state index is 0.0695. The average Bonchev–Trinajstić information content (AvgIpc) is 3.80. The van der Waals surface area contributed by atoms with Crippen LogP contribution in [0.4, 0.5) is 24.1 Å². The summed E-state index contributed by atoms with van der Waals surface area (Å²) in [6.07, 6.45) is 3.02. The number of likely N-dealkylation sites (tertiary alicyclic amines) is 2. The summed E-state index contributed by atoms with van der Waals surface area (Å²) in [5.74, 6) is -2.98. The number of aromatic nitrogens is 4. The number of nitrogens with one attached hydrogen (secondary N) is 1. The highest BCUT2D eigenvalue weighted by atomic mass is 35.5. The maximum absolute atomic E-state index is 15.7. The fourth-order valence-electron chi connectivity index (χ4n) is 8.35. The average molecular weight is 920 g/mol. The molecule has 0 aliphatic carbocycles. The van der Waals surface area contributed by atoms with Gasteiger partial charge in [-0.15, -0.1) is 0 Å². The summed E-state index contributed by atoms with van der Waals surface area (Å²) >= 11 is 6.59. The molecule has 7 rings (SSSR count). The number of hydrogen-bond donors (Lipinski definition) is 1. The van der Waals surface area contributed by atoms with E-state index in [0.717, 1.165) is 37.2 Å². The van der Waals surface area contributed by atoms with Crippen molar-refractivity contribution in [2.45, 2.75) is 72.5 Å². The second kappa shape index (κ2) is 18.5. The highest BCUT2D eigenvalue weighted by Gasteiger charge is 2.37. The van der Waals surface area contributed by atoms with E-state index in [0.29, 0.717) is 45.2 Å². The van der Waals surface area contributed by atoms with Crippen molar-refractivity contribution in [2.75, 3.05) is 64.2 Å². The van der Waals surface area contributed by atoms with Gasteiger partial charge in [-0.3, -0.25) is 14.4 Å². The van der Waals surface area contributed by atoms with Gasteiger partial charge in [0.25, 0.3) is 11.8 Å². The number of carbonyl (C=O) groups excluding carboxylic acids is 5. The number of anilines is 1. The van der Waals surface area contributed by atoms with Crippen molar-refractivity contribution < 1.29 is 42.2 Å². The summed E-state index contributed by atoms with van der Waals surface area (Å²) in [5.41, 5.74) is -0.439. The first kappa shape index (κ1) is 47.1. The summed E-state index contributed by atoms with van der Waals surface area (Å²) < 4.78 is 44.4. The third-order valence-corrected chi connectivity index (χ3v) is 12.0. The van der Waals surface area contributed by atoms with Crippen LogP contribution in [0, 0.1) is 30.4 Å². The number of nitrogens with zero attached hydrogens (tertiary/aromatic N) is 8. The lowest BCUT2D eigenvalue weighted by molar-refractivity contribution is -0.138. The van der Waals surface area contributed by atoms with Crippen LogP contribution < -0.4 is 5.32 Å². The van der Waals surface area contributed by atoms with Crippen LogP contribution in [-0.4, -0.2) is 139 Å². The van der Waals surface area contributed by atoms with Gasteiger partial charge in [-0.2, -0.15) is 9.78 Å². The van der Waals surface area contributed by atoms with E-state index in [2.05, 4.69) is 20.3 Å². The monoisotopic (exact) mass is 919 g/mol. The van der Waals surface area contributed by atoms with Gasteiger partial charge in [0.2, 0.25) is 5.91 Å². The molecule has 3 aliphatic heterocycles. The van der Waals surface area contributed by atoms with Crippen LogP contribution >= 0.6 is 11.6 Å². The summed E-state index contributed by atoms with van der Waals surface area (Å²) in [4.78, 5) is 77.0. The zero-order chi connectivity index (χ0) is 47.1. The lowest BCUT2D eigenvalue weighted by atomic mass is 9.93. The zero-order valence-electron chi connectivity index (χ0n) is 38.0. The van der Waals surface area contributed by atoms with Gasteiger partial charge in [-0.05, 0) is 98.7 Å². The Morgan fingerprint density at radius 1 is 0.800 bits per heavy atom. The Morgan fingerprint density at radius 3 is 2.03 bits per heavy atom. The van der Waals surface area contributed by atoms with E-state index in [1.165, 1.54) is 54.3 Å². The van der Waals surface area contributed by atoms with Crippen LogP contribution in [0.2, 0.25) is 5.02 Å². The topological polar surface area (TPSA) is 164 Å². The smallest absolute Gasteiger partial charge is 0.435 e. The lowest BCUT2D eigenvalue weighted by Gasteiger charge is -2.43. The number of halogens is 3. The predicted molar refractivity (Wildman–Crippen MR) is 238 cm³/mol. The first-order valence-corrected chi connectivity index (χ1v) is 22.1. The Kier molecular flexibility index (Phi) is 13.4. The molecule has 0 spiro atoms. The summed E-state index contributed by atoms with van der Waals surface area (Å²) in [5, 5.41) is 6.94. The Hall–Kier alpha value is -5.88. The first-order valence-electron chi connectivity index (χ1n) is 21.8. The van der Waals surface area contributed by atoms with E-state index in [1.54, 1.807) is 37.5 Å². The molecule has 3 aliphatic rings. The Labute approximate surface area is 381 Å². The molecule has 0 bridgehead atoms. The number of imidazole rings is 1.